The smallest absolute Gasteiger partial charge is 0.115 e. The average molecular weight is 196 g/mol. The van der Waals surface area contributed by atoms with Gasteiger partial charge < -0.3 is 4.74 Å². The van der Waals surface area contributed by atoms with Crippen molar-refractivity contribution in [3.8, 4) is 0 Å². The monoisotopic (exact) mass is 196 g/mol. The Morgan fingerprint density at radius 2 is 2.14 bits per heavy atom. The Labute approximate surface area is 83.7 Å². The summed E-state index contributed by atoms with van der Waals surface area (Å²) in [6.45, 7) is 1.99. The fourth-order valence-electron chi connectivity index (χ4n) is 1.22. The summed E-state index contributed by atoms with van der Waals surface area (Å²) in [6.07, 6.45) is 5.94. The molecule has 78 valence electrons. The number of nitrogens with two attached hydrogens (primary N) is 1. The third kappa shape index (κ3) is 3.02. The van der Waals surface area contributed by atoms with Gasteiger partial charge in [-0.2, -0.15) is 0 Å². The lowest BCUT2D eigenvalue weighted by Gasteiger charge is -2.18. The van der Waals surface area contributed by atoms with Gasteiger partial charge in [0.1, 0.15) is 6.33 Å². The van der Waals surface area contributed by atoms with Gasteiger partial charge in [-0.25, -0.2) is 9.97 Å². The van der Waals surface area contributed by atoms with Gasteiger partial charge in [0.15, 0.2) is 0 Å². The number of rotatable bonds is 5. The largest absolute Gasteiger partial charge is 0.382 e. The second-order valence-corrected chi connectivity index (χ2v) is 3.17. The number of nitrogens with one attached hydrogen (secondary N) is 1. The molecule has 0 aliphatic carbocycles. The molecule has 0 saturated carbocycles. The second-order valence-electron chi connectivity index (χ2n) is 3.17. The highest BCUT2D eigenvalue weighted by molar-refractivity contribution is 5.08. The molecule has 0 aliphatic heterocycles. The molecule has 5 nitrogen and oxygen atoms in total. The lowest BCUT2D eigenvalue weighted by atomic mass is 10.1. The van der Waals surface area contributed by atoms with E-state index in [0.717, 1.165) is 12.0 Å². The van der Waals surface area contributed by atoms with Crippen molar-refractivity contribution in [2.45, 2.75) is 25.5 Å². The molecule has 1 rings (SSSR count). The summed E-state index contributed by atoms with van der Waals surface area (Å²) < 4.78 is 5.17. The maximum atomic E-state index is 5.45. The molecule has 14 heavy (non-hydrogen) atoms. The maximum Gasteiger partial charge on any atom is 0.115 e. The minimum atomic E-state index is 0.0335. The van der Waals surface area contributed by atoms with Crippen LogP contribution in [0.2, 0.25) is 0 Å². The van der Waals surface area contributed by atoms with Crippen LogP contribution >= 0.6 is 0 Å². The third-order valence-electron chi connectivity index (χ3n) is 2.15. The molecule has 0 spiro atoms. The maximum absolute atomic E-state index is 5.45. The first-order chi connectivity index (χ1) is 6.77. The molecule has 1 heterocycles. The highest BCUT2D eigenvalue weighted by Gasteiger charge is 2.13. The molecule has 0 saturated heterocycles. The zero-order chi connectivity index (χ0) is 10.4. The first kappa shape index (κ1) is 11.0. The molecule has 0 amide bonds. The number of methoxy groups -OCH3 is 1. The SMILES string of the molecule is COC(C)CC(NN)c1cncnc1. The van der Waals surface area contributed by atoms with Crippen LogP contribution in [0.3, 0.4) is 0 Å². The zero-order valence-electron chi connectivity index (χ0n) is 8.47. The van der Waals surface area contributed by atoms with Gasteiger partial charge in [-0.1, -0.05) is 0 Å². The van der Waals surface area contributed by atoms with Gasteiger partial charge in [0, 0.05) is 25.1 Å². The van der Waals surface area contributed by atoms with Crippen LogP contribution in [0.25, 0.3) is 0 Å². The summed E-state index contributed by atoms with van der Waals surface area (Å²) in [5.41, 5.74) is 3.69. The fraction of sp³-hybridized carbons (Fsp3) is 0.556. The fourth-order valence-corrected chi connectivity index (χ4v) is 1.22. The molecule has 0 fully saturated rings. The van der Waals surface area contributed by atoms with Crippen molar-refractivity contribution in [2.24, 2.45) is 5.84 Å². The van der Waals surface area contributed by atoms with Crippen molar-refractivity contribution < 1.29 is 4.74 Å². The van der Waals surface area contributed by atoms with Gasteiger partial charge in [0.2, 0.25) is 0 Å². The summed E-state index contributed by atoms with van der Waals surface area (Å²) in [5.74, 6) is 5.45. The Kier molecular flexibility index (Phi) is 4.45. The lowest BCUT2D eigenvalue weighted by Crippen LogP contribution is -2.30. The number of hydrogen-bond acceptors (Lipinski definition) is 5. The summed E-state index contributed by atoms with van der Waals surface area (Å²) in [5, 5.41) is 0. The van der Waals surface area contributed by atoms with E-state index in [4.69, 9.17) is 10.6 Å². The molecule has 2 atom stereocenters. The third-order valence-corrected chi connectivity index (χ3v) is 2.15. The van der Waals surface area contributed by atoms with Crippen LogP contribution < -0.4 is 11.3 Å². The second kappa shape index (κ2) is 5.64. The summed E-state index contributed by atoms with van der Waals surface area (Å²) in [4.78, 5) is 7.88. The molecular formula is C9H16N4O. The van der Waals surface area contributed by atoms with Crippen LogP contribution in [0.4, 0.5) is 0 Å². The van der Waals surface area contributed by atoms with Crippen LogP contribution in [0.5, 0.6) is 0 Å². The summed E-state index contributed by atoms with van der Waals surface area (Å²) in [6, 6.07) is 0.0335. The van der Waals surface area contributed by atoms with Crippen LogP contribution in [0.15, 0.2) is 18.7 Å². The van der Waals surface area contributed by atoms with Gasteiger partial charge in [-0.15, -0.1) is 0 Å². The van der Waals surface area contributed by atoms with E-state index in [1.54, 1.807) is 19.5 Å². The standard InChI is InChI=1S/C9H16N4O/c1-7(14-2)3-9(13-10)8-4-11-6-12-5-8/h4-7,9,13H,3,10H2,1-2H3. The van der Waals surface area contributed by atoms with Gasteiger partial charge in [-0.3, -0.25) is 11.3 Å². The number of aromatic nitrogens is 2. The molecule has 1 aromatic rings. The number of hydrogen-bond donors (Lipinski definition) is 2. The minimum absolute atomic E-state index is 0.0335. The van der Waals surface area contributed by atoms with E-state index in [-0.39, 0.29) is 12.1 Å². The van der Waals surface area contributed by atoms with Crippen molar-refractivity contribution in [3.05, 3.63) is 24.3 Å². The van der Waals surface area contributed by atoms with Gasteiger partial charge >= 0.3 is 0 Å². The predicted octanol–water partition coefficient (Wildman–Crippen LogP) is 0.406. The van der Waals surface area contributed by atoms with Crippen molar-refractivity contribution in [1.82, 2.24) is 15.4 Å². The van der Waals surface area contributed by atoms with Gasteiger partial charge in [0.25, 0.3) is 0 Å². The number of nitrogens with zero attached hydrogens (tertiary/aromatic N) is 2. The van der Waals surface area contributed by atoms with Crippen LogP contribution in [0.1, 0.15) is 24.9 Å². The average Bonchev–Trinajstić information content (AvgIpc) is 2.26. The first-order valence-electron chi connectivity index (χ1n) is 4.51. The first-order valence-corrected chi connectivity index (χ1v) is 4.51. The normalized spacial score (nSPS) is 15.1. The lowest BCUT2D eigenvalue weighted by molar-refractivity contribution is 0.100. The topological polar surface area (TPSA) is 73.1 Å². The van der Waals surface area contributed by atoms with Crippen LogP contribution in [-0.2, 0) is 4.74 Å². The van der Waals surface area contributed by atoms with Crippen molar-refractivity contribution in [2.75, 3.05) is 7.11 Å². The zero-order valence-corrected chi connectivity index (χ0v) is 8.47. The summed E-state index contributed by atoms with van der Waals surface area (Å²) in [7, 11) is 1.68. The molecule has 0 radical (unpaired) electrons. The van der Waals surface area contributed by atoms with E-state index in [0.29, 0.717) is 0 Å². The molecule has 1 aromatic heterocycles. The van der Waals surface area contributed by atoms with Gasteiger partial charge in [-0.05, 0) is 13.3 Å². The molecule has 0 aliphatic rings. The molecule has 2 unspecified atom stereocenters. The van der Waals surface area contributed by atoms with Crippen molar-refractivity contribution in [3.63, 3.8) is 0 Å². The molecule has 0 bridgehead atoms. The number of hydrazine groups is 1. The predicted molar refractivity (Wildman–Crippen MR) is 53.2 cm³/mol. The minimum Gasteiger partial charge on any atom is -0.382 e. The van der Waals surface area contributed by atoms with E-state index in [9.17, 15) is 0 Å². The van der Waals surface area contributed by atoms with E-state index < -0.39 is 0 Å². The van der Waals surface area contributed by atoms with Crippen molar-refractivity contribution >= 4 is 0 Å². The Bertz CT molecular complexity index is 254. The van der Waals surface area contributed by atoms with E-state index in [1.807, 2.05) is 6.92 Å². The molecule has 0 aromatic carbocycles. The molecular weight excluding hydrogens is 180 g/mol. The highest BCUT2D eigenvalue weighted by Crippen LogP contribution is 2.16. The Hall–Kier alpha value is -1.04. The van der Waals surface area contributed by atoms with Crippen LogP contribution in [0, 0.1) is 0 Å². The molecule has 5 heteroatoms. The van der Waals surface area contributed by atoms with E-state index in [2.05, 4.69) is 15.4 Å². The van der Waals surface area contributed by atoms with Crippen molar-refractivity contribution in [1.29, 1.82) is 0 Å². The molecule has 3 N–H and O–H groups in total. The Morgan fingerprint density at radius 3 is 2.64 bits per heavy atom. The summed E-state index contributed by atoms with van der Waals surface area (Å²) >= 11 is 0. The Morgan fingerprint density at radius 1 is 1.50 bits per heavy atom. The van der Waals surface area contributed by atoms with E-state index in [1.165, 1.54) is 6.33 Å². The van der Waals surface area contributed by atoms with Crippen LogP contribution in [-0.4, -0.2) is 23.2 Å². The quantitative estimate of drug-likeness (QED) is 0.527. The number of ether oxygens (including phenoxy) is 1. The van der Waals surface area contributed by atoms with E-state index >= 15 is 0 Å². The van der Waals surface area contributed by atoms with Gasteiger partial charge in [0.05, 0.1) is 12.1 Å². The highest BCUT2D eigenvalue weighted by atomic mass is 16.5. The Balaban J connectivity index is 2.63.